The number of rotatable bonds is 7. The number of hydrogen-bond acceptors (Lipinski definition) is 3. The normalized spacial score (nSPS) is 12.0. The van der Waals surface area contributed by atoms with Crippen molar-refractivity contribution in [3.8, 4) is 5.75 Å². The molecule has 1 aromatic heterocycles. The van der Waals surface area contributed by atoms with Crippen molar-refractivity contribution < 1.29 is 14.4 Å². The van der Waals surface area contributed by atoms with E-state index in [-0.39, 0.29) is 5.91 Å². The summed E-state index contributed by atoms with van der Waals surface area (Å²) in [7, 11) is 1.56. The van der Waals surface area contributed by atoms with Crippen LogP contribution >= 0.6 is 22.9 Å². The van der Waals surface area contributed by atoms with Crippen molar-refractivity contribution in [3.05, 3.63) is 45.6 Å². The highest BCUT2D eigenvalue weighted by atomic mass is 35.5. The second-order valence-electron chi connectivity index (χ2n) is 4.93. The van der Waals surface area contributed by atoms with Gasteiger partial charge in [0.15, 0.2) is 6.54 Å². The minimum Gasteiger partial charge on any atom is -0.495 e. The molecule has 22 heavy (non-hydrogen) atoms. The lowest BCUT2D eigenvalue weighted by Gasteiger charge is -2.16. The van der Waals surface area contributed by atoms with E-state index in [0.717, 1.165) is 13.1 Å². The summed E-state index contributed by atoms with van der Waals surface area (Å²) in [5, 5.41) is 5.42. The smallest absolute Gasteiger partial charge is 0.279 e. The molecule has 118 valence electrons. The first kappa shape index (κ1) is 16.8. The highest BCUT2D eigenvalue weighted by Gasteiger charge is 2.14. The summed E-state index contributed by atoms with van der Waals surface area (Å²) in [4.78, 5) is 14.7. The van der Waals surface area contributed by atoms with Crippen LogP contribution in [0.25, 0.3) is 0 Å². The highest BCUT2D eigenvalue weighted by molar-refractivity contribution is 7.09. The van der Waals surface area contributed by atoms with Gasteiger partial charge >= 0.3 is 0 Å². The van der Waals surface area contributed by atoms with Gasteiger partial charge in [-0.15, -0.1) is 11.3 Å². The lowest BCUT2D eigenvalue weighted by molar-refractivity contribution is -0.903. The third-order valence-electron chi connectivity index (χ3n) is 3.35. The molecule has 0 radical (unpaired) electrons. The van der Waals surface area contributed by atoms with Crippen LogP contribution in [0.5, 0.6) is 5.75 Å². The van der Waals surface area contributed by atoms with Gasteiger partial charge in [-0.2, -0.15) is 0 Å². The molecule has 2 N–H and O–H groups in total. The molecule has 0 bridgehead atoms. The summed E-state index contributed by atoms with van der Waals surface area (Å²) < 4.78 is 5.10. The van der Waals surface area contributed by atoms with E-state index in [1.165, 1.54) is 9.78 Å². The number of quaternary nitrogens is 1. The monoisotopic (exact) mass is 339 g/mol. The summed E-state index contributed by atoms with van der Waals surface area (Å²) in [5.74, 6) is 0.577. The first-order valence-corrected chi connectivity index (χ1v) is 8.37. The Bertz CT molecular complexity index is 617. The molecule has 0 spiro atoms. The molecule has 0 saturated heterocycles. The van der Waals surface area contributed by atoms with Gasteiger partial charge < -0.3 is 15.0 Å². The molecule has 2 aromatic rings. The van der Waals surface area contributed by atoms with Crippen molar-refractivity contribution in [1.29, 1.82) is 0 Å². The van der Waals surface area contributed by atoms with Gasteiger partial charge in [-0.3, -0.25) is 4.79 Å². The largest absolute Gasteiger partial charge is 0.495 e. The number of halogens is 1. The molecule has 1 amide bonds. The number of anilines is 1. The number of ether oxygens (including phenoxy) is 1. The topological polar surface area (TPSA) is 42.8 Å². The summed E-state index contributed by atoms with van der Waals surface area (Å²) in [6, 6.07) is 9.36. The number of benzene rings is 1. The summed E-state index contributed by atoms with van der Waals surface area (Å²) in [5.41, 5.74) is 0.683. The standard InChI is InChI=1S/C16H19ClN2O2S/c1-3-19(10-13-5-4-8-22-13)11-16(20)18-12-6-7-15(21-2)14(17)9-12/h4-9H,3,10-11H2,1-2H3,(H,18,20)/p+1. The third kappa shape index (κ3) is 4.73. The Balaban J connectivity index is 1.92. The van der Waals surface area contributed by atoms with Gasteiger partial charge in [-0.1, -0.05) is 17.7 Å². The molecule has 6 heteroatoms. The van der Waals surface area contributed by atoms with Crippen LogP contribution < -0.4 is 15.0 Å². The number of thiophene rings is 1. The van der Waals surface area contributed by atoms with E-state index in [2.05, 4.69) is 23.7 Å². The molecule has 4 nitrogen and oxygen atoms in total. The minimum absolute atomic E-state index is 0.0189. The molecule has 0 saturated carbocycles. The average Bonchev–Trinajstić information content (AvgIpc) is 2.99. The Hall–Kier alpha value is -1.56. The van der Waals surface area contributed by atoms with Gasteiger partial charge in [-0.25, -0.2) is 0 Å². The maximum Gasteiger partial charge on any atom is 0.279 e. The van der Waals surface area contributed by atoms with Crippen molar-refractivity contribution in [2.24, 2.45) is 0 Å². The van der Waals surface area contributed by atoms with E-state index in [1.54, 1.807) is 36.6 Å². The molecular weight excluding hydrogens is 320 g/mol. The number of hydrogen-bond donors (Lipinski definition) is 2. The highest BCUT2D eigenvalue weighted by Crippen LogP contribution is 2.27. The van der Waals surface area contributed by atoms with E-state index in [0.29, 0.717) is 23.0 Å². The minimum atomic E-state index is -0.0189. The molecule has 1 atom stereocenters. The molecule has 0 aliphatic heterocycles. The van der Waals surface area contributed by atoms with Crippen LogP contribution in [-0.2, 0) is 11.3 Å². The van der Waals surface area contributed by atoms with Gasteiger partial charge in [0.2, 0.25) is 0 Å². The molecule has 1 heterocycles. The van der Waals surface area contributed by atoms with Gasteiger partial charge in [0.05, 0.1) is 23.6 Å². The van der Waals surface area contributed by atoms with Crippen LogP contribution in [0.3, 0.4) is 0 Å². The van der Waals surface area contributed by atoms with Crippen LogP contribution in [0.2, 0.25) is 5.02 Å². The zero-order chi connectivity index (χ0) is 15.9. The van der Waals surface area contributed by atoms with Crippen LogP contribution in [0.4, 0.5) is 5.69 Å². The van der Waals surface area contributed by atoms with Crippen molar-refractivity contribution >= 4 is 34.5 Å². The first-order chi connectivity index (χ1) is 10.6. The number of nitrogens with one attached hydrogen (secondary N) is 2. The maximum atomic E-state index is 12.2. The number of carbonyl (C=O) groups is 1. The maximum absolute atomic E-state index is 12.2. The average molecular weight is 340 g/mol. The van der Waals surface area contributed by atoms with E-state index in [4.69, 9.17) is 16.3 Å². The van der Waals surface area contributed by atoms with Crippen LogP contribution in [0.15, 0.2) is 35.7 Å². The number of methoxy groups -OCH3 is 1. The van der Waals surface area contributed by atoms with E-state index < -0.39 is 0 Å². The van der Waals surface area contributed by atoms with Crippen molar-refractivity contribution in [2.75, 3.05) is 25.5 Å². The molecule has 1 aromatic carbocycles. The fourth-order valence-electron chi connectivity index (χ4n) is 2.15. The molecule has 1 unspecified atom stereocenters. The summed E-state index contributed by atoms with van der Waals surface area (Å²) >= 11 is 7.78. The Labute approximate surface area is 139 Å². The molecule has 0 aliphatic rings. The van der Waals surface area contributed by atoms with Gasteiger partial charge in [0.25, 0.3) is 5.91 Å². The Morgan fingerprint density at radius 3 is 2.82 bits per heavy atom. The third-order valence-corrected chi connectivity index (χ3v) is 4.52. The number of likely N-dealkylation sites (N-methyl/N-ethyl adjacent to an activating group) is 1. The second-order valence-corrected chi connectivity index (χ2v) is 6.37. The quantitative estimate of drug-likeness (QED) is 0.813. The molecule has 0 fully saturated rings. The first-order valence-electron chi connectivity index (χ1n) is 7.11. The van der Waals surface area contributed by atoms with Crippen LogP contribution in [0.1, 0.15) is 11.8 Å². The summed E-state index contributed by atoms with van der Waals surface area (Å²) in [6.45, 7) is 4.28. The Morgan fingerprint density at radius 1 is 1.41 bits per heavy atom. The fraction of sp³-hybridized carbons (Fsp3) is 0.312. The predicted octanol–water partition coefficient (Wildman–Crippen LogP) is 2.45. The Morgan fingerprint density at radius 2 is 2.23 bits per heavy atom. The van der Waals surface area contributed by atoms with Crippen molar-refractivity contribution in [3.63, 3.8) is 0 Å². The van der Waals surface area contributed by atoms with Gasteiger partial charge in [0, 0.05) is 5.69 Å². The van der Waals surface area contributed by atoms with Crippen molar-refractivity contribution in [1.82, 2.24) is 0 Å². The second kappa shape index (κ2) is 8.17. The van der Waals surface area contributed by atoms with Crippen molar-refractivity contribution in [2.45, 2.75) is 13.5 Å². The zero-order valence-corrected chi connectivity index (χ0v) is 14.3. The molecule has 2 rings (SSSR count). The van der Waals surface area contributed by atoms with E-state index >= 15 is 0 Å². The number of carbonyl (C=O) groups excluding carboxylic acids is 1. The summed E-state index contributed by atoms with van der Waals surface area (Å²) in [6.07, 6.45) is 0. The van der Waals surface area contributed by atoms with E-state index in [1.807, 2.05) is 6.07 Å². The SMILES string of the molecule is CC[NH+](CC(=O)Nc1ccc(OC)c(Cl)c1)Cc1cccs1. The van der Waals surface area contributed by atoms with E-state index in [9.17, 15) is 4.79 Å². The number of amides is 1. The lowest BCUT2D eigenvalue weighted by Crippen LogP contribution is -3.11. The zero-order valence-electron chi connectivity index (χ0n) is 12.7. The lowest BCUT2D eigenvalue weighted by atomic mass is 10.3. The predicted molar refractivity (Wildman–Crippen MR) is 91.0 cm³/mol. The van der Waals surface area contributed by atoms with Gasteiger partial charge in [-0.05, 0) is 36.6 Å². The van der Waals surface area contributed by atoms with Crippen LogP contribution in [0, 0.1) is 0 Å². The molecule has 0 aliphatic carbocycles. The van der Waals surface area contributed by atoms with Gasteiger partial charge in [0.1, 0.15) is 12.3 Å². The Kier molecular flexibility index (Phi) is 6.24. The van der Waals surface area contributed by atoms with Crippen LogP contribution in [-0.4, -0.2) is 26.1 Å². The fourth-order valence-corrected chi connectivity index (χ4v) is 3.18. The molecular formula is C16H20ClN2O2S+.